The molecule has 0 saturated carbocycles. The summed E-state index contributed by atoms with van der Waals surface area (Å²) in [5.74, 6) is -1.51. The maximum absolute atomic E-state index is 14.8. The molecular formula is C34H28N2O3S. The fraction of sp³-hybridized carbons (Fsp3) is 0.206. The zero-order chi connectivity index (χ0) is 27.4. The van der Waals surface area contributed by atoms with Crippen LogP contribution in [-0.2, 0) is 16.6 Å². The number of para-hydroxylation sites is 2. The quantitative estimate of drug-likeness (QED) is 0.279. The Kier molecular flexibility index (Phi) is 5.82. The maximum atomic E-state index is 14.8. The minimum absolute atomic E-state index is 0.139. The fourth-order valence-corrected chi connectivity index (χ4v) is 7.69. The summed E-state index contributed by atoms with van der Waals surface area (Å²) in [7, 11) is 0. The molecule has 0 bridgehead atoms. The predicted molar refractivity (Wildman–Crippen MR) is 159 cm³/mol. The van der Waals surface area contributed by atoms with Crippen LogP contribution in [0.4, 0.5) is 11.4 Å². The van der Waals surface area contributed by atoms with Crippen LogP contribution in [0, 0.1) is 5.92 Å². The molecular weight excluding hydrogens is 516 g/mol. The number of thiophene rings is 1. The zero-order valence-corrected chi connectivity index (χ0v) is 22.9. The molecule has 7 rings (SSSR count). The van der Waals surface area contributed by atoms with Crippen molar-refractivity contribution in [1.82, 2.24) is 0 Å². The second-order valence-corrected chi connectivity index (χ2v) is 11.7. The molecule has 3 aliphatic heterocycles. The average molecular weight is 545 g/mol. The first kappa shape index (κ1) is 24.7. The number of fused-ring (bicyclic) bond motifs is 6. The lowest BCUT2D eigenvalue weighted by Crippen LogP contribution is -2.51. The van der Waals surface area contributed by atoms with E-state index in [2.05, 4.69) is 12.2 Å². The SMILES string of the molecule is CCCc1ccc(C(=O)[C@@H]2[C@H](C(=O)c3cccs3)N3c4ccccc4C=C[C@H]3[C@]23C(=O)Nc2ccccc23)cc1. The first-order valence-corrected chi connectivity index (χ1v) is 14.6. The number of nitrogens with one attached hydrogen (secondary N) is 1. The van der Waals surface area contributed by atoms with Crippen LogP contribution < -0.4 is 10.2 Å². The van der Waals surface area contributed by atoms with Crippen molar-refractivity contribution in [3.05, 3.63) is 124 Å². The minimum Gasteiger partial charge on any atom is -0.352 e. The third kappa shape index (κ3) is 3.42. The molecule has 4 heterocycles. The summed E-state index contributed by atoms with van der Waals surface area (Å²) >= 11 is 1.37. The third-order valence-corrected chi connectivity index (χ3v) is 9.52. The van der Waals surface area contributed by atoms with Crippen molar-refractivity contribution in [3.8, 4) is 0 Å². The standard InChI is InChI=1S/C34H28N2O3S/c1-2-8-21-14-16-23(17-15-21)31(37)29-30(32(38)27-13-7-20-40-27)36-26-12-6-3-9-22(26)18-19-28(36)34(29)24-10-4-5-11-25(24)35-33(34)39/h3-7,9-20,28-30H,2,8H2,1H3,(H,35,39)/t28-,29-,30+,34-/m0/s1. The first-order valence-electron chi connectivity index (χ1n) is 13.7. The number of carbonyl (C=O) groups excluding carboxylic acids is 3. The number of Topliss-reactive ketones (excluding diaryl/α,β-unsaturated/α-hetero) is 2. The molecule has 6 heteroatoms. The predicted octanol–water partition coefficient (Wildman–Crippen LogP) is 6.56. The molecule has 4 aromatic rings. The number of anilines is 2. The van der Waals surface area contributed by atoms with E-state index in [-0.39, 0.29) is 17.5 Å². The molecule has 1 saturated heterocycles. The van der Waals surface area contributed by atoms with E-state index in [0.29, 0.717) is 16.1 Å². The van der Waals surface area contributed by atoms with E-state index in [0.717, 1.165) is 35.2 Å². The van der Waals surface area contributed by atoms with Gasteiger partial charge in [-0.05, 0) is 46.7 Å². The Morgan fingerprint density at radius 1 is 0.925 bits per heavy atom. The molecule has 198 valence electrons. The second kappa shape index (κ2) is 9.42. The molecule has 0 radical (unpaired) electrons. The van der Waals surface area contributed by atoms with Crippen LogP contribution in [0.15, 0.2) is 96.4 Å². The fourth-order valence-electron chi connectivity index (χ4n) is 6.99. The number of carbonyl (C=O) groups is 3. The zero-order valence-electron chi connectivity index (χ0n) is 22.0. The Hall–Kier alpha value is -4.29. The van der Waals surface area contributed by atoms with Crippen LogP contribution in [0.5, 0.6) is 0 Å². The molecule has 0 unspecified atom stereocenters. The summed E-state index contributed by atoms with van der Waals surface area (Å²) in [6.07, 6.45) is 5.96. The smallest absolute Gasteiger partial charge is 0.238 e. The molecule has 4 atom stereocenters. The van der Waals surface area contributed by atoms with Gasteiger partial charge in [0, 0.05) is 16.9 Å². The number of hydrogen-bond acceptors (Lipinski definition) is 5. The third-order valence-electron chi connectivity index (χ3n) is 8.63. The highest BCUT2D eigenvalue weighted by molar-refractivity contribution is 7.12. The molecule has 5 nitrogen and oxygen atoms in total. The number of aryl methyl sites for hydroxylation is 1. The van der Waals surface area contributed by atoms with Gasteiger partial charge in [-0.15, -0.1) is 11.3 Å². The van der Waals surface area contributed by atoms with Crippen molar-refractivity contribution in [2.75, 3.05) is 10.2 Å². The molecule has 1 spiro atoms. The van der Waals surface area contributed by atoms with Crippen LogP contribution in [0.25, 0.3) is 6.08 Å². The molecule has 0 aliphatic carbocycles. The highest BCUT2D eigenvalue weighted by Crippen LogP contribution is 2.58. The van der Waals surface area contributed by atoms with Gasteiger partial charge in [-0.3, -0.25) is 14.4 Å². The van der Waals surface area contributed by atoms with Crippen LogP contribution in [0.3, 0.4) is 0 Å². The number of amides is 1. The summed E-state index contributed by atoms with van der Waals surface area (Å²) in [4.78, 5) is 46.2. The molecule has 1 fully saturated rings. The lowest BCUT2D eigenvalue weighted by molar-refractivity contribution is -0.121. The first-order chi connectivity index (χ1) is 19.6. The highest BCUT2D eigenvalue weighted by Gasteiger charge is 2.70. The van der Waals surface area contributed by atoms with Gasteiger partial charge in [-0.1, -0.05) is 92.2 Å². The number of hydrogen-bond donors (Lipinski definition) is 1. The molecule has 3 aromatic carbocycles. The number of nitrogens with zero attached hydrogens (tertiary/aromatic N) is 1. The number of ketones is 2. The van der Waals surface area contributed by atoms with Gasteiger partial charge in [-0.25, -0.2) is 0 Å². The number of rotatable bonds is 6. The van der Waals surface area contributed by atoms with E-state index < -0.39 is 23.4 Å². The second-order valence-electron chi connectivity index (χ2n) is 10.7. The topological polar surface area (TPSA) is 66.5 Å². The van der Waals surface area contributed by atoms with Crippen molar-refractivity contribution >= 4 is 46.3 Å². The van der Waals surface area contributed by atoms with Gasteiger partial charge in [0.25, 0.3) is 0 Å². The Balaban J connectivity index is 1.50. The lowest BCUT2D eigenvalue weighted by Gasteiger charge is -2.37. The summed E-state index contributed by atoms with van der Waals surface area (Å²) in [6.45, 7) is 2.12. The molecule has 1 amide bonds. The Morgan fingerprint density at radius 3 is 2.48 bits per heavy atom. The highest BCUT2D eigenvalue weighted by atomic mass is 32.1. The van der Waals surface area contributed by atoms with Gasteiger partial charge >= 0.3 is 0 Å². The van der Waals surface area contributed by atoms with Crippen molar-refractivity contribution in [1.29, 1.82) is 0 Å². The van der Waals surface area contributed by atoms with E-state index in [4.69, 9.17) is 0 Å². The van der Waals surface area contributed by atoms with E-state index in [1.54, 1.807) is 0 Å². The van der Waals surface area contributed by atoms with Crippen LogP contribution >= 0.6 is 11.3 Å². The summed E-state index contributed by atoms with van der Waals surface area (Å²) in [5.41, 5.74) is 3.67. The Labute approximate surface area is 237 Å². The molecule has 3 aliphatic rings. The number of benzene rings is 3. The van der Waals surface area contributed by atoms with Gasteiger partial charge < -0.3 is 10.2 Å². The molecule has 40 heavy (non-hydrogen) atoms. The van der Waals surface area contributed by atoms with Crippen LogP contribution in [-0.4, -0.2) is 29.6 Å². The Bertz CT molecular complexity index is 1670. The van der Waals surface area contributed by atoms with E-state index >= 15 is 0 Å². The molecule has 1 N–H and O–H groups in total. The van der Waals surface area contributed by atoms with E-state index in [1.807, 2.05) is 107 Å². The van der Waals surface area contributed by atoms with Crippen LogP contribution in [0.2, 0.25) is 0 Å². The van der Waals surface area contributed by atoms with Crippen molar-refractivity contribution in [2.45, 2.75) is 37.3 Å². The Morgan fingerprint density at radius 2 is 1.70 bits per heavy atom. The van der Waals surface area contributed by atoms with Gasteiger partial charge in [0.05, 0.1) is 16.8 Å². The lowest BCUT2D eigenvalue weighted by atomic mass is 9.64. The van der Waals surface area contributed by atoms with Crippen LogP contribution in [0.1, 0.15) is 50.1 Å². The summed E-state index contributed by atoms with van der Waals surface area (Å²) in [6, 6.07) is 25.4. The minimum atomic E-state index is -1.28. The monoisotopic (exact) mass is 544 g/mol. The maximum Gasteiger partial charge on any atom is 0.238 e. The largest absolute Gasteiger partial charge is 0.352 e. The van der Waals surface area contributed by atoms with Gasteiger partial charge in [0.15, 0.2) is 11.6 Å². The van der Waals surface area contributed by atoms with Crippen molar-refractivity contribution < 1.29 is 14.4 Å². The summed E-state index contributed by atoms with van der Waals surface area (Å²) < 4.78 is 0. The van der Waals surface area contributed by atoms with Gasteiger partial charge in [0.2, 0.25) is 5.91 Å². The van der Waals surface area contributed by atoms with Gasteiger partial charge in [0.1, 0.15) is 11.5 Å². The normalized spacial score (nSPS) is 24.0. The van der Waals surface area contributed by atoms with Gasteiger partial charge in [-0.2, -0.15) is 0 Å². The van der Waals surface area contributed by atoms with E-state index in [9.17, 15) is 14.4 Å². The van der Waals surface area contributed by atoms with E-state index in [1.165, 1.54) is 11.3 Å². The van der Waals surface area contributed by atoms with Crippen molar-refractivity contribution in [2.24, 2.45) is 5.92 Å². The summed E-state index contributed by atoms with van der Waals surface area (Å²) in [5, 5.41) is 4.96. The van der Waals surface area contributed by atoms with Crippen molar-refractivity contribution in [3.63, 3.8) is 0 Å². The average Bonchev–Trinajstić information content (AvgIpc) is 3.70. The molecule has 1 aromatic heterocycles.